The van der Waals surface area contributed by atoms with Crippen molar-refractivity contribution in [2.24, 2.45) is 0 Å². The number of amides is 1. The van der Waals surface area contributed by atoms with Gasteiger partial charge < -0.3 is 5.32 Å². The Morgan fingerprint density at radius 3 is 2.71 bits per heavy atom. The Bertz CT molecular complexity index is 895. The number of carbonyl (C=O) groups excluding carboxylic acids is 1. The molecule has 0 bridgehead atoms. The standard InChI is InChI=1S/C17H12BrF2N3O/c18-13-6-2-1-4-11(13)10-23-15(8-9-21-23)22-17(24)12-5-3-7-14(19)16(12)20/h1-9H,10H2,(H,22,24). The first kappa shape index (κ1) is 16.3. The molecule has 0 aliphatic heterocycles. The predicted octanol–water partition coefficient (Wildman–Crippen LogP) is 4.22. The van der Waals surface area contributed by atoms with Gasteiger partial charge in [0.05, 0.1) is 18.3 Å². The summed E-state index contributed by atoms with van der Waals surface area (Å²) in [5.74, 6) is -2.59. The van der Waals surface area contributed by atoms with Crippen LogP contribution in [0.2, 0.25) is 0 Å². The number of hydrogen-bond donors (Lipinski definition) is 1. The molecule has 0 spiro atoms. The first-order chi connectivity index (χ1) is 11.6. The first-order valence-corrected chi connectivity index (χ1v) is 7.86. The van der Waals surface area contributed by atoms with Gasteiger partial charge in [0.15, 0.2) is 11.6 Å². The summed E-state index contributed by atoms with van der Waals surface area (Å²) in [7, 11) is 0. The van der Waals surface area contributed by atoms with Crippen LogP contribution in [0.15, 0.2) is 59.2 Å². The van der Waals surface area contributed by atoms with Crippen LogP contribution in [-0.2, 0) is 6.54 Å². The van der Waals surface area contributed by atoms with Crippen molar-refractivity contribution < 1.29 is 13.6 Å². The number of anilines is 1. The van der Waals surface area contributed by atoms with Crippen molar-refractivity contribution in [3.8, 4) is 0 Å². The van der Waals surface area contributed by atoms with Crippen LogP contribution < -0.4 is 5.32 Å². The zero-order valence-corrected chi connectivity index (χ0v) is 13.9. The molecule has 0 atom stereocenters. The second kappa shape index (κ2) is 6.92. The fourth-order valence-corrected chi connectivity index (χ4v) is 2.63. The summed E-state index contributed by atoms with van der Waals surface area (Å²) in [6.45, 7) is 0.412. The average Bonchev–Trinajstić information content (AvgIpc) is 2.99. The molecular weight excluding hydrogens is 380 g/mol. The van der Waals surface area contributed by atoms with Crippen molar-refractivity contribution in [3.05, 3.63) is 82.0 Å². The number of hydrogen-bond acceptors (Lipinski definition) is 2. The van der Waals surface area contributed by atoms with Crippen molar-refractivity contribution in [1.29, 1.82) is 0 Å². The van der Waals surface area contributed by atoms with E-state index in [0.717, 1.165) is 16.1 Å². The molecule has 2 aromatic carbocycles. The highest BCUT2D eigenvalue weighted by molar-refractivity contribution is 9.10. The first-order valence-electron chi connectivity index (χ1n) is 7.07. The normalized spacial score (nSPS) is 10.6. The number of rotatable bonds is 4. The predicted molar refractivity (Wildman–Crippen MR) is 89.8 cm³/mol. The average molecular weight is 392 g/mol. The van der Waals surface area contributed by atoms with Crippen LogP contribution in [-0.4, -0.2) is 15.7 Å². The minimum absolute atomic E-state index is 0.358. The molecule has 0 saturated carbocycles. The Labute approximate surface area is 145 Å². The lowest BCUT2D eigenvalue weighted by molar-refractivity contribution is 0.102. The van der Waals surface area contributed by atoms with Gasteiger partial charge >= 0.3 is 0 Å². The Hall–Kier alpha value is -2.54. The van der Waals surface area contributed by atoms with E-state index in [1.54, 1.807) is 10.7 Å². The molecule has 0 unspecified atom stereocenters. The summed E-state index contributed by atoms with van der Waals surface area (Å²) in [6.07, 6.45) is 1.52. The number of carbonyl (C=O) groups is 1. The molecule has 1 amide bonds. The van der Waals surface area contributed by atoms with E-state index < -0.39 is 17.5 Å². The lowest BCUT2D eigenvalue weighted by Gasteiger charge is -2.10. The maximum atomic E-state index is 13.7. The molecule has 0 saturated heterocycles. The van der Waals surface area contributed by atoms with Crippen LogP contribution in [0.25, 0.3) is 0 Å². The highest BCUT2D eigenvalue weighted by atomic mass is 79.9. The number of nitrogens with one attached hydrogen (secondary N) is 1. The highest BCUT2D eigenvalue weighted by Crippen LogP contribution is 2.19. The van der Waals surface area contributed by atoms with Crippen molar-refractivity contribution in [2.45, 2.75) is 6.54 Å². The number of aromatic nitrogens is 2. The molecule has 4 nitrogen and oxygen atoms in total. The number of benzene rings is 2. The molecule has 0 radical (unpaired) electrons. The molecule has 1 N–H and O–H groups in total. The van der Waals surface area contributed by atoms with Crippen LogP contribution in [0.5, 0.6) is 0 Å². The van der Waals surface area contributed by atoms with Crippen LogP contribution in [0.3, 0.4) is 0 Å². The Kier molecular flexibility index (Phi) is 4.71. The fourth-order valence-electron chi connectivity index (χ4n) is 2.22. The number of nitrogens with zero attached hydrogens (tertiary/aromatic N) is 2. The van der Waals surface area contributed by atoms with E-state index in [1.807, 2.05) is 24.3 Å². The van der Waals surface area contributed by atoms with E-state index in [2.05, 4.69) is 26.3 Å². The van der Waals surface area contributed by atoms with Gasteiger partial charge in [0, 0.05) is 10.5 Å². The lowest BCUT2D eigenvalue weighted by Crippen LogP contribution is -2.18. The van der Waals surface area contributed by atoms with Gasteiger partial charge in [0.2, 0.25) is 0 Å². The van der Waals surface area contributed by atoms with Crippen LogP contribution in [0.4, 0.5) is 14.6 Å². The smallest absolute Gasteiger partial charge is 0.259 e. The molecule has 0 aliphatic rings. The minimum Gasteiger partial charge on any atom is -0.307 e. The molecule has 122 valence electrons. The summed E-state index contributed by atoms with van der Waals surface area (Å²) in [5, 5.41) is 6.71. The monoisotopic (exact) mass is 391 g/mol. The molecule has 0 aliphatic carbocycles. The molecule has 1 aromatic heterocycles. The van der Waals surface area contributed by atoms with Gasteiger partial charge in [-0.05, 0) is 23.8 Å². The SMILES string of the molecule is O=C(Nc1ccnn1Cc1ccccc1Br)c1cccc(F)c1F. The highest BCUT2D eigenvalue weighted by Gasteiger charge is 2.16. The van der Waals surface area contributed by atoms with Gasteiger partial charge in [-0.3, -0.25) is 4.79 Å². The van der Waals surface area contributed by atoms with Crippen molar-refractivity contribution in [3.63, 3.8) is 0 Å². The van der Waals surface area contributed by atoms with E-state index >= 15 is 0 Å². The van der Waals surface area contributed by atoms with Crippen molar-refractivity contribution in [1.82, 2.24) is 9.78 Å². The summed E-state index contributed by atoms with van der Waals surface area (Å²) >= 11 is 3.45. The molecule has 3 rings (SSSR count). The van der Waals surface area contributed by atoms with E-state index in [9.17, 15) is 13.6 Å². The third kappa shape index (κ3) is 3.35. The second-order valence-electron chi connectivity index (χ2n) is 5.02. The third-order valence-corrected chi connectivity index (χ3v) is 4.21. The van der Waals surface area contributed by atoms with Gasteiger partial charge in [-0.15, -0.1) is 0 Å². The number of halogens is 3. The third-order valence-electron chi connectivity index (χ3n) is 3.43. The maximum absolute atomic E-state index is 13.7. The van der Waals surface area contributed by atoms with Crippen LogP contribution >= 0.6 is 15.9 Å². The zero-order valence-electron chi connectivity index (χ0n) is 12.3. The Morgan fingerprint density at radius 1 is 1.12 bits per heavy atom. The van der Waals surface area contributed by atoms with Gasteiger partial charge in [-0.25, -0.2) is 13.5 Å². The van der Waals surface area contributed by atoms with Gasteiger partial charge in [-0.2, -0.15) is 5.10 Å². The minimum atomic E-state index is -1.17. The summed E-state index contributed by atoms with van der Waals surface area (Å²) in [5.41, 5.74) is 0.609. The molecular formula is C17H12BrF2N3O. The topological polar surface area (TPSA) is 46.9 Å². The van der Waals surface area contributed by atoms with Gasteiger partial charge in [0.1, 0.15) is 5.82 Å². The molecule has 3 aromatic rings. The summed E-state index contributed by atoms with van der Waals surface area (Å²) in [6, 6.07) is 12.7. The van der Waals surface area contributed by atoms with E-state index in [4.69, 9.17) is 0 Å². The van der Waals surface area contributed by atoms with Crippen LogP contribution in [0.1, 0.15) is 15.9 Å². The quantitative estimate of drug-likeness (QED) is 0.723. The van der Waals surface area contributed by atoms with E-state index in [0.29, 0.717) is 12.4 Å². The summed E-state index contributed by atoms with van der Waals surface area (Å²) in [4.78, 5) is 12.2. The van der Waals surface area contributed by atoms with Crippen LogP contribution in [0, 0.1) is 11.6 Å². The largest absolute Gasteiger partial charge is 0.307 e. The fraction of sp³-hybridized carbons (Fsp3) is 0.0588. The Morgan fingerprint density at radius 2 is 1.92 bits per heavy atom. The molecule has 0 fully saturated rings. The zero-order chi connectivity index (χ0) is 17.1. The molecule has 7 heteroatoms. The van der Waals surface area contributed by atoms with Crippen molar-refractivity contribution in [2.75, 3.05) is 5.32 Å². The van der Waals surface area contributed by atoms with E-state index in [-0.39, 0.29) is 5.56 Å². The summed E-state index contributed by atoms with van der Waals surface area (Å²) < 4.78 is 29.4. The lowest BCUT2D eigenvalue weighted by atomic mass is 10.2. The second-order valence-corrected chi connectivity index (χ2v) is 5.88. The molecule has 1 heterocycles. The van der Waals surface area contributed by atoms with E-state index in [1.165, 1.54) is 18.3 Å². The maximum Gasteiger partial charge on any atom is 0.259 e. The van der Waals surface area contributed by atoms with Gasteiger partial charge in [0.25, 0.3) is 5.91 Å². The van der Waals surface area contributed by atoms with Crippen molar-refractivity contribution >= 4 is 27.7 Å². The van der Waals surface area contributed by atoms with Gasteiger partial charge in [-0.1, -0.05) is 40.2 Å². The Balaban J connectivity index is 1.82. The molecule has 24 heavy (non-hydrogen) atoms.